The van der Waals surface area contributed by atoms with Gasteiger partial charge in [0.1, 0.15) is 5.75 Å². The summed E-state index contributed by atoms with van der Waals surface area (Å²) >= 11 is 0. The van der Waals surface area contributed by atoms with E-state index < -0.39 is 0 Å². The van der Waals surface area contributed by atoms with E-state index in [0.717, 1.165) is 50.1 Å². The summed E-state index contributed by atoms with van der Waals surface area (Å²) in [6.45, 7) is 1.65. The summed E-state index contributed by atoms with van der Waals surface area (Å²) in [6, 6.07) is 16.8. The van der Waals surface area contributed by atoms with Crippen molar-refractivity contribution in [2.24, 2.45) is 11.7 Å². The Hall–Kier alpha value is -2.33. The van der Waals surface area contributed by atoms with Crippen molar-refractivity contribution in [3.05, 3.63) is 54.1 Å². The first kappa shape index (κ1) is 18.1. The van der Waals surface area contributed by atoms with Crippen molar-refractivity contribution in [3.63, 3.8) is 0 Å². The number of rotatable bonds is 4. The van der Waals surface area contributed by atoms with E-state index in [4.69, 9.17) is 10.5 Å². The van der Waals surface area contributed by atoms with E-state index in [9.17, 15) is 4.79 Å². The Labute approximate surface area is 161 Å². The van der Waals surface area contributed by atoms with Gasteiger partial charge in [-0.2, -0.15) is 0 Å². The van der Waals surface area contributed by atoms with E-state index in [1.54, 1.807) is 7.11 Å². The van der Waals surface area contributed by atoms with Gasteiger partial charge in [0.05, 0.1) is 7.11 Å². The molecule has 0 spiro atoms. The Kier molecular flexibility index (Phi) is 5.17. The van der Waals surface area contributed by atoms with Gasteiger partial charge in [-0.3, -0.25) is 4.79 Å². The van der Waals surface area contributed by atoms with Crippen LogP contribution in [0.4, 0.5) is 0 Å². The molecule has 2 aromatic rings. The number of hydrogen-bond acceptors (Lipinski definition) is 3. The van der Waals surface area contributed by atoms with Gasteiger partial charge >= 0.3 is 0 Å². The fourth-order valence-electron chi connectivity index (χ4n) is 4.32. The Morgan fingerprint density at radius 2 is 1.78 bits per heavy atom. The minimum absolute atomic E-state index is 0.107. The molecule has 142 valence electrons. The van der Waals surface area contributed by atoms with Gasteiger partial charge in [0.2, 0.25) is 5.91 Å². The number of ether oxygens (including phenoxy) is 1. The SMILES string of the molecule is COc1ccccc1-c1ccccc1C1CC1C(=O)N1CCCC(N)CC1. The lowest BCUT2D eigenvalue weighted by atomic mass is 9.95. The summed E-state index contributed by atoms with van der Waals surface area (Å²) in [6.07, 6.45) is 3.89. The van der Waals surface area contributed by atoms with Crippen LogP contribution in [-0.4, -0.2) is 37.0 Å². The van der Waals surface area contributed by atoms with Crippen molar-refractivity contribution in [2.45, 2.75) is 37.6 Å². The number of methoxy groups -OCH3 is 1. The zero-order valence-corrected chi connectivity index (χ0v) is 15.9. The van der Waals surface area contributed by atoms with Crippen LogP contribution in [0.25, 0.3) is 11.1 Å². The van der Waals surface area contributed by atoms with Gasteiger partial charge < -0.3 is 15.4 Å². The molecule has 2 fully saturated rings. The molecule has 0 radical (unpaired) electrons. The van der Waals surface area contributed by atoms with Crippen molar-refractivity contribution >= 4 is 5.91 Å². The van der Waals surface area contributed by atoms with Crippen LogP contribution in [0, 0.1) is 5.92 Å². The Morgan fingerprint density at radius 1 is 1.04 bits per heavy atom. The summed E-state index contributed by atoms with van der Waals surface area (Å²) in [4.78, 5) is 15.1. The van der Waals surface area contributed by atoms with Crippen LogP contribution in [0.15, 0.2) is 48.5 Å². The van der Waals surface area contributed by atoms with E-state index in [1.165, 1.54) is 11.1 Å². The van der Waals surface area contributed by atoms with Gasteiger partial charge in [-0.25, -0.2) is 0 Å². The summed E-state index contributed by atoms with van der Waals surface area (Å²) in [5.41, 5.74) is 9.59. The first-order chi connectivity index (χ1) is 13.2. The number of benzene rings is 2. The number of likely N-dealkylation sites (tertiary alicyclic amines) is 1. The fourth-order valence-corrected chi connectivity index (χ4v) is 4.32. The van der Waals surface area contributed by atoms with E-state index in [0.29, 0.717) is 11.8 Å². The molecule has 0 bridgehead atoms. The standard InChI is InChI=1S/C23H28N2O2/c1-27-22-11-5-4-10-19(22)17-8-2-3-9-18(17)20-15-21(20)23(26)25-13-6-7-16(24)12-14-25/h2-5,8-11,16,20-21H,6-7,12-15,24H2,1H3. The molecule has 3 unspecified atom stereocenters. The molecule has 27 heavy (non-hydrogen) atoms. The third-order valence-electron chi connectivity index (χ3n) is 5.95. The molecule has 1 aliphatic heterocycles. The molecule has 4 rings (SSSR count). The minimum atomic E-state index is 0.107. The van der Waals surface area contributed by atoms with Gasteiger partial charge in [0.25, 0.3) is 0 Å². The lowest BCUT2D eigenvalue weighted by molar-refractivity contribution is -0.132. The smallest absolute Gasteiger partial charge is 0.226 e. The van der Waals surface area contributed by atoms with E-state index in [1.807, 2.05) is 23.1 Å². The van der Waals surface area contributed by atoms with Gasteiger partial charge in [-0.15, -0.1) is 0 Å². The van der Waals surface area contributed by atoms with Crippen LogP contribution in [-0.2, 0) is 4.79 Å². The molecular formula is C23H28N2O2. The maximum atomic E-state index is 13.0. The van der Waals surface area contributed by atoms with Gasteiger partial charge in [0, 0.05) is 30.6 Å². The quantitative estimate of drug-likeness (QED) is 0.898. The average molecular weight is 364 g/mol. The van der Waals surface area contributed by atoms with Crippen LogP contribution < -0.4 is 10.5 Å². The first-order valence-corrected chi connectivity index (χ1v) is 9.95. The second kappa shape index (κ2) is 7.73. The summed E-state index contributed by atoms with van der Waals surface area (Å²) in [5, 5.41) is 0. The van der Waals surface area contributed by atoms with Crippen LogP contribution in [0.1, 0.15) is 37.2 Å². The number of nitrogens with two attached hydrogens (primary N) is 1. The molecule has 0 aromatic heterocycles. The highest BCUT2D eigenvalue weighted by Gasteiger charge is 2.46. The molecule has 4 nitrogen and oxygen atoms in total. The molecular weight excluding hydrogens is 336 g/mol. The van der Waals surface area contributed by atoms with Crippen molar-refractivity contribution in [1.82, 2.24) is 4.90 Å². The number of carbonyl (C=O) groups is 1. The maximum absolute atomic E-state index is 13.0. The molecule has 2 aromatic carbocycles. The molecule has 1 saturated carbocycles. The van der Waals surface area contributed by atoms with Crippen molar-refractivity contribution in [3.8, 4) is 16.9 Å². The van der Waals surface area contributed by atoms with Crippen molar-refractivity contribution in [2.75, 3.05) is 20.2 Å². The van der Waals surface area contributed by atoms with E-state index in [-0.39, 0.29) is 12.0 Å². The maximum Gasteiger partial charge on any atom is 0.226 e. The molecule has 1 amide bonds. The van der Waals surface area contributed by atoms with Gasteiger partial charge in [-0.05, 0) is 48.8 Å². The molecule has 3 atom stereocenters. The summed E-state index contributed by atoms with van der Waals surface area (Å²) in [5.74, 6) is 1.59. The number of amides is 1. The molecule has 2 aliphatic rings. The van der Waals surface area contributed by atoms with E-state index in [2.05, 4.69) is 30.3 Å². The molecule has 2 N–H and O–H groups in total. The zero-order valence-electron chi connectivity index (χ0n) is 15.9. The van der Waals surface area contributed by atoms with Crippen LogP contribution in [0.2, 0.25) is 0 Å². The number of nitrogens with zero attached hydrogens (tertiary/aromatic N) is 1. The average Bonchev–Trinajstić information content (AvgIpc) is 3.52. The third kappa shape index (κ3) is 3.72. The van der Waals surface area contributed by atoms with Crippen molar-refractivity contribution in [1.29, 1.82) is 0 Å². The predicted molar refractivity (Wildman–Crippen MR) is 108 cm³/mol. The largest absolute Gasteiger partial charge is 0.496 e. The second-order valence-corrected chi connectivity index (χ2v) is 7.75. The molecule has 4 heteroatoms. The molecule has 1 saturated heterocycles. The first-order valence-electron chi connectivity index (χ1n) is 9.95. The lowest BCUT2D eigenvalue weighted by Crippen LogP contribution is -2.34. The van der Waals surface area contributed by atoms with Gasteiger partial charge in [-0.1, -0.05) is 42.5 Å². The van der Waals surface area contributed by atoms with Gasteiger partial charge in [0.15, 0.2) is 0 Å². The predicted octanol–water partition coefficient (Wildman–Crippen LogP) is 3.81. The van der Waals surface area contributed by atoms with Crippen molar-refractivity contribution < 1.29 is 9.53 Å². The Balaban J connectivity index is 1.55. The van der Waals surface area contributed by atoms with Crippen LogP contribution in [0.3, 0.4) is 0 Å². The molecule has 1 aliphatic carbocycles. The highest BCUT2D eigenvalue weighted by molar-refractivity contribution is 5.84. The molecule has 1 heterocycles. The lowest BCUT2D eigenvalue weighted by Gasteiger charge is -2.21. The summed E-state index contributed by atoms with van der Waals surface area (Å²) < 4.78 is 5.56. The fraction of sp³-hybridized carbons (Fsp3) is 0.435. The third-order valence-corrected chi connectivity index (χ3v) is 5.95. The minimum Gasteiger partial charge on any atom is -0.496 e. The normalized spacial score (nSPS) is 25.0. The highest BCUT2D eigenvalue weighted by Crippen LogP contribution is 2.52. The van der Waals surface area contributed by atoms with E-state index >= 15 is 0 Å². The monoisotopic (exact) mass is 364 g/mol. The summed E-state index contributed by atoms with van der Waals surface area (Å²) in [7, 11) is 1.70. The topological polar surface area (TPSA) is 55.6 Å². The Bertz CT molecular complexity index is 820. The number of carbonyl (C=O) groups excluding carboxylic acids is 1. The van der Waals surface area contributed by atoms with Crippen LogP contribution >= 0.6 is 0 Å². The zero-order chi connectivity index (χ0) is 18.8. The number of hydrogen-bond donors (Lipinski definition) is 1. The van der Waals surface area contributed by atoms with Crippen LogP contribution in [0.5, 0.6) is 5.75 Å². The number of para-hydroxylation sites is 1. The Morgan fingerprint density at radius 3 is 2.59 bits per heavy atom. The highest BCUT2D eigenvalue weighted by atomic mass is 16.5. The second-order valence-electron chi connectivity index (χ2n) is 7.75.